The molecule has 0 spiro atoms. The van der Waals surface area contributed by atoms with Crippen LogP contribution in [0.15, 0.2) is 83.8 Å². The molecule has 2 N–H and O–H groups in total. The van der Waals surface area contributed by atoms with Crippen LogP contribution < -0.4 is 10.0 Å². The summed E-state index contributed by atoms with van der Waals surface area (Å²) >= 11 is 0. The number of rotatable bonds is 8. The Kier molecular flexibility index (Phi) is 6.67. The Bertz CT molecular complexity index is 1060. The smallest absolute Gasteiger partial charge is 0.261 e. The topological polar surface area (TPSA) is 75.3 Å². The lowest BCUT2D eigenvalue weighted by Crippen LogP contribution is -2.25. The Morgan fingerprint density at radius 3 is 2.34 bits per heavy atom. The van der Waals surface area contributed by atoms with Gasteiger partial charge >= 0.3 is 0 Å². The van der Waals surface area contributed by atoms with E-state index in [1.165, 1.54) is 11.6 Å². The van der Waals surface area contributed by atoms with Crippen molar-refractivity contribution >= 4 is 21.6 Å². The minimum absolute atomic E-state index is 0.180. The molecule has 0 aliphatic carbocycles. The van der Waals surface area contributed by atoms with Gasteiger partial charge in [0.15, 0.2) is 0 Å². The maximum atomic E-state index is 12.5. The first kappa shape index (κ1) is 20.6. The highest BCUT2D eigenvalue weighted by atomic mass is 32.2. The molecule has 0 radical (unpaired) electrons. The Balaban J connectivity index is 1.58. The fraction of sp³-hybridized carbons (Fsp3) is 0.174. The molecule has 0 bridgehead atoms. The van der Waals surface area contributed by atoms with Crippen molar-refractivity contribution in [1.82, 2.24) is 5.32 Å². The van der Waals surface area contributed by atoms with Crippen molar-refractivity contribution in [2.75, 3.05) is 11.3 Å². The Labute approximate surface area is 171 Å². The van der Waals surface area contributed by atoms with Crippen LogP contribution in [0.25, 0.3) is 0 Å². The first-order valence-electron chi connectivity index (χ1n) is 9.46. The molecule has 6 heteroatoms. The maximum absolute atomic E-state index is 12.5. The summed E-state index contributed by atoms with van der Waals surface area (Å²) < 4.78 is 27.6. The lowest BCUT2D eigenvalue weighted by Gasteiger charge is -2.10. The molecule has 3 aromatic carbocycles. The number of aryl methyl sites for hydroxylation is 2. The lowest BCUT2D eigenvalue weighted by molar-refractivity contribution is 0.0953. The van der Waals surface area contributed by atoms with Gasteiger partial charge in [0, 0.05) is 17.8 Å². The zero-order chi connectivity index (χ0) is 20.7. The first-order valence-corrected chi connectivity index (χ1v) is 10.9. The standard InChI is InChI=1S/C23H24N2O3S/c1-18-12-14-22(15-13-18)29(27,28)25-21-11-5-10-20(17-21)23(26)24-16-6-9-19-7-3-2-4-8-19/h2-5,7-8,10-15,17,25H,6,9,16H2,1H3,(H,24,26). The molecule has 3 aromatic rings. The molecule has 29 heavy (non-hydrogen) atoms. The summed E-state index contributed by atoms with van der Waals surface area (Å²) in [5.41, 5.74) is 2.97. The number of hydrogen-bond acceptors (Lipinski definition) is 3. The van der Waals surface area contributed by atoms with E-state index in [0.29, 0.717) is 17.8 Å². The van der Waals surface area contributed by atoms with Crippen LogP contribution in [-0.4, -0.2) is 20.9 Å². The van der Waals surface area contributed by atoms with Crippen molar-refractivity contribution < 1.29 is 13.2 Å². The van der Waals surface area contributed by atoms with E-state index in [4.69, 9.17) is 0 Å². The van der Waals surface area contributed by atoms with Gasteiger partial charge in [0.1, 0.15) is 0 Å². The van der Waals surface area contributed by atoms with Crippen molar-refractivity contribution in [3.8, 4) is 0 Å². The molecule has 0 fully saturated rings. The van der Waals surface area contributed by atoms with Crippen LogP contribution in [0.2, 0.25) is 0 Å². The van der Waals surface area contributed by atoms with Crippen LogP contribution in [0.1, 0.15) is 27.9 Å². The molecule has 1 amide bonds. The maximum Gasteiger partial charge on any atom is 0.261 e. The third-order valence-corrected chi connectivity index (χ3v) is 5.88. The van der Waals surface area contributed by atoms with Crippen LogP contribution in [0.3, 0.4) is 0 Å². The zero-order valence-electron chi connectivity index (χ0n) is 16.3. The van der Waals surface area contributed by atoms with Gasteiger partial charge in [-0.15, -0.1) is 0 Å². The molecule has 0 atom stereocenters. The summed E-state index contributed by atoms with van der Waals surface area (Å²) in [5, 5.41) is 2.88. The molecule has 0 aliphatic rings. The summed E-state index contributed by atoms with van der Waals surface area (Å²) in [6.07, 6.45) is 1.72. The van der Waals surface area contributed by atoms with Crippen molar-refractivity contribution in [1.29, 1.82) is 0 Å². The number of benzene rings is 3. The van der Waals surface area contributed by atoms with Gasteiger partial charge in [-0.2, -0.15) is 0 Å². The third-order valence-electron chi connectivity index (χ3n) is 4.48. The first-order chi connectivity index (χ1) is 13.9. The molecule has 0 aliphatic heterocycles. The summed E-state index contributed by atoms with van der Waals surface area (Å²) in [7, 11) is -3.71. The van der Waals surface area contributed by atoms with E-state index >= 15 is 0 Å². The average molecular weight is 409 g/mol. The van der Waals surface area contributed by atoms with Crippen LogP contribution in [0.5, 0.6) is 0 Å². The zero-order valence-corrected chi connectivity index (χ0v) is 17.1. The predicted molar refractivity (Wildman–Crippen MR) is 116 cm³/mol. The van der Waals surface area contributed by atoms with Crippen LogP contribution >= 0.6 is 0 Å². The van der Waals surface area contributed by atoms with Crippen LogP contribution in [0.4, 0.5) is 5.69 Å². The molecule has 0 heterocycles. The summed E-state index contributed by atoms with van der Waals surface area (Å²) in [6, 6.07) is 23.2. The summed E-state index contributed by atoms with van der Waals surface area (Å²) in [4.78, 5) is 12.6. The van der Waals surface area contributed by atoms with Crippen LogP contribution in [0, 0.1) is 6.92 Å². The van der Waals surface area contributed by atoms with Crippen molar-refractivity contribution in [2.45, 2.75) is 24.7 Å². The molecular weight excluding hydrogens is 384 g/mol. The van der Waals surface area contributed by atoms with E-state index in [-0.39, 0.29) is 10.8 Å². The minimum atomic E-state index is -3.71. The second-order valence-electron chi connectivity index (χ2n) is 6.84. The number of amides is 1. The van der Waals surface area contributed by atoms with Gasteiger partial charge in [0.05, 0.1) is 4.90 Å². The molecule has 150 valence electrons. The summed E-state index contributed by atoms with van der Waals surface area (Å²) in [5.74, 6) is -0.227. The van der Waals surface area contributed by atoms with Gasteiger partial charge in [-0.1, -0.05) is 54.1 Å². The monoisotopic (exact) mass is 408 g/mol. The quantitative estimate of drug-likeness (QED) is 0.550. The highest BCUT2D eigenvalue weighted by Gasteiger charge is 2.15. The normalized spacial score (nSPS) is 11.1. The van der Waals surface area contributed by atoms with Gasteiger partial charge in [0.25, 0.3) is 15.9 Å². The second kappa shape index (κ2) is 9.39. The number of nitrogens with one attached hydrogen (secondary N) is 2. The summed E-state index contributed by atoms with van der Waals surface area (Å²) in [6.45, 7) is 2.44. The van der Waals surface area contributed by atoms with Crippen LogP contribution in [-0.2, 0) is 16.4 Å². The number of carbonyl (C=O) groups excluding carboxylic acids is 1. The Morgan fingerprint density at radius 1 is 0.897 bits per heavy atom. The van der Waals surface area contributed by atoms with Crippen molar-refractivity contribution in [2.24, 2.45) is 0 Å². The SMILES string of the molecule is Cc1ccc(S(=O)(=O)Nc2cccc(C(=O)NCCCc3ccccc3)c2)cc1. The van der Waals surface area contributed by atoms with E-state index in [0.717, 1.165) is 18.4 Å². The van der Waals surface area contributed by atoms with Gasteiger partial charge in [0.2, 0.25) is 0 Å². The third kappa shape index (κ3) is 5.93. The van der Waals surface area contributed by atoms with Gasteiger partial charge in [-0.3, -0.25) is 9.52 Å². The largest absolute Gasteiger partial charge is 0.352 e. The number of carbonyl (C=O) groups is 1. The molecule has 0 saturated heterocycles. The van der Waals surface area contributed by atoms with Crippen molar-refractivity contribution in [3.63, 3.8) is 0 Å². The second-order valence-corrected chi connectivity index (χ2v) is 8.53. The number of anilines is 1. The molecule has 0 saturated carbocycles. The highest BCUT2D eigenvalue weighted by Crippen LogP contribution is 2.18. The predicted octanol–water partition coefficient (Wildman–Crippen LogP) is 4.16. The lowest BCUT2D eigenvalue weighted by atomic mass is 10.1. The van der Waals surface area contributed by atoms with E-state index < -0.39 is 10.0 Å². The van der Waals surface area contributed by atoms with Gasteiger partial charge in [-0.25, -0.2) is 8.42 Å². The van der Waals surface area contributed by atoms with E-state index in [2.05, 4.69) is 22.2 Å². The van der Waals surface area contributed by atoms with E-state index in [9.17, 15) is 13.2 Å². The molecular formula is C23H24N2O3S. The van der Waals surface area contributed by atoms with E-state index in [1.807, 2.05) is 25.1 Å². The Morgan fingerprint density at radius 2 is 1.62 bits per heavy atom. The van der Waals surface area contributed by atoms with Gasteiger partial charge < -0.3 is 5.32 Å². The average Bonchev–Trinajstić information content (AvgIpc) is 2.72. The number of sulfonamides is 1. The highest BCUT2D eigenvalue weighted by molar-refractivity contribution is 7.92. The fourth-order valence-electron chi connectivity index (χ4n) is 2.90. The minimum Gasteiger partial charge on any atom is -0.352 e. The molecule has 0 unspecified atom stereocenters. The Hall–Kier alpha value is -3.12. The molecule has 3 rings (SSSR count). The molecule has 5 nitrogen and oxygen atoms in total. The van der Waals surface area contributed by atoms with Crippen molar-refractivity contribution in [3.05, 3.63) is 95.6 Å². The number of hydrogen-bond donors (Lipinski definition) is 2. The fourth-order valence-corrected chi connectivity index (χ4v) is 3.95. The van der Waals surface area contributed by atoms with Gasteiger partial charge in [-0.05, 0) is 55.7 Å². The molecule has 0 aromatic heterocycles. The van der Waals surface area contributed by atoms with E-state index in [1.54, 1.807) is 42.5 Å².